The lowest BCUT2D eigenvalue weighted by molar-refractivity contribution is -0.140. The van der Waals surface area contributed by atoms with Crippen LogP contribution in [0.1, 0.15) is 103 Å². The maximum Gasteiger partial charge on any atom is 0.306 e. The van der Waals surface area contributed by atoms with Crippen molar-refractivity contribution in [2.75, 3.05) is 33.4 Å². The Morgan fingerprint density at radius 1 is 0.767 bits per heavy atom. The summed E-state index contributed by atoms with van der Waals surface area (Å²) in [4.78, 5) is 14.3. The maximum atomic E-state index is 11.7. The molecule has 1 aliphatic heterocycles. The summed E-state index contributed by atoms with van der Waals surface area (Å²) in [7, 11) is -0.0711. The lowest BCUT2D eigenvalue weighted by Gasteiger charge is -2.57. The van der Waals surface area contributed by atoms with Gasteiger partial charge in [0.25, 0.3) is 0 Å². The third-order valence-electron chi connectivity index (χ3n) is 9.24. The van der Waals surface area contributed by atoms with Gasteiger partial charge in [-0.3, -0.25) is 9.69 Å². The lowest BCUT2D eigenvalue weighted by atomic mass is 9.98. The molecule has 4 nitrogen and oxygen atoms in total. The number of hydrogen-bond donors (Lipinski definition) is 0. The third kappa shape index (κ3) is 4.83. The Kier molecular flexibility index (Phi) is 8.32. The number of rotatable bonds is 7. The Morgan fingerprint density at radius 2 is 1.23 bits per heavy atom. The largest absolute Gasteiger partial charge is 0.469 e. The fourth-order valence-corrected chi connectivity index (χ4v) is 16.4. The Bertz CT molecular complexity index is 494. The minimum atomic E-state index is -1.59. The highest BCUT2D eigenvalue weighted by Gasteiger charge is 2.57. The first-order valence-electron chi connectivity index (χ1n) is 13.3. The van der Waals surface area contributed by atoms with Crippen molar-refractivity contribution < 1.29 is 9.53 Å². The number of esters is 1. The van der Waals surface area contributed by atoms with E-state index in [-0.39, 0.29) is 5.97 Å². The average Bonchev–Trinajstić information content (AvgIpc) is 3.29. The molecule has 0 atom stereocenters. The zero-order valence-corrected chi connectivity index (χ0v) is 20.6. The van der Waals surface area contributed by atoms with Gasteiger partial charge in [-0.25, -0.2) is 0 Å². The molecular weight excluding hydrogens is 388 g/mol. The van der Waals surface area contributed by atoms with Crippen LogP contribution in [0.3, 0.4) is 0 Å². The highest BCUT2D eigenvalue weighted by atomic mass is 28.3. The number of ether oxygens (including phenoxy) is 1. The third-order valence-corrected chi connectivity index (χ3v) is 16.4. The number of methoxy groups -OCH3 is 1. The summed E-state index contributed by atoms with van der Waals surface area (Å²) >= 11 is 0. The van der Waals surface area contributed by atoms with Crippen LogP contribution in [0.5, 0.6) is 0 Å². The van der Waals surface area contributed by atoms with E-state index in [9.17, 15) is 4.79 Å². The van der Waals surface area contributed by atoms with Crippen molar-refractivity contribution in [3.8, 4) is 0 Å². The molecule has 0 aromatic heterocycles. The standard InChI is InChI=1S/C25H46N2O2Si/c1-29-25(28)17-18-26-19-20-27(21-26)30(22-11-5-2-6-12-22,23-13-7-3-8-14-23)24-15-9-4-10-16-24/h22-24H,2-21H2,1H3. The van der Waals surface area contributed by atoms with Crippen molar-refractivity contribution in [3.63, 3.8) is 0 Å². The van der Waals surface area contributed by atoms with Gasteiger partial charge in [-0.05, 0) is 16.6 Å². The number of nitrogens with zero attached hydrogens (tertiary/aromatic N) is 2. The SMILES string of the molecule is COC(=O)CCN1CCN([Si](C2CCCCC2)(C2CCCCC2)C2CCCCC2)C1. The first kappa shape index (κ1) is 22.8. The van der Waals surface area contributed by atoms with E-state index in [0.29, 0.717) is 6.42 Å². The molecule has 3 saturated carbocycles. The molecule has 5 heteroatoms. The van der Waals surface area contributed by atoms with Gasteiger partial charge in [-0.2, -0.15) is 0 Å². The highest BCUT2D eigenvalue weighted by Crippen LogP contribution is 2.58. The Hall–Kier alpha value is -0.393. The van der Waals surface area contributed by atoms with Gasteiger partial charge in [0, 0.05) is 26.3 Å². The van der Waals surface area contributed by atoms with Gasteiger partial charge in [0.1, 0.15) is 8.24 Å². The predicted molar refractivity (Wildman–Crippen MR) is 126 cm³/mol. The molecule has 1 heterocycles. The van der Waals surface area contributed by atoms with E-state index in [0.717, 1.165) is 36.4 Å². The molecule has 30 heavy (non-hydrogen) atoms. The van der Waals surface area contributed by atoms with Crippen molar-refractivity contribution in [2.45, 2.75) is 119 Å². The molecule has 3 aliphatic carbocycles. The van der Waals surface area contributed by atoms with Gasteiger partial charge in [-0.15, -0.1) is 0 Å². The molecule has 0 radical (unpaired) electrons. The van der Waals surface area contributed by atoms with Crippen molar-refractivity contribution in [1.82, 2.24) is 9.47 Å². The fourth-order valence-electron chi connectivity index (χ4n) is 7.96. The molecule has 0 unspecified atom stereocenters. The van der Waals surface area contributed by atoms with E-state index in [1.807, 2.05) is 0 Å². The molecule has 0 amide bonds. The molecule has 172 valence electrons. The van der Waals surface area contributed by atoms with Crippen molar-refractivity contribution in [1.29, 1.82) is 0 Å². The minimum Gasteiger partial charge on any atom is -0.469 e. The van der Waals surface area contributed by atoms with Crippen LogP contribution in [0.25, 0.3) is 0 Å². The first-order chi connectivity index (χ1) is 14.7. The van der Waals surface area contributed by atoms with Crippen LogP contribution in [0, 0.1) is 0 Å². The molecule has 0 bridgehead atoms. The van der Waals surface area contributed by atoms with Gasteiger partial charge in [0.2, 0.25) is 0 Å². The topological polar surface area (TPSA) is 32.8 Å². The second-order valence-electron chi connectivity index (χ2n) is 10.7. The van der Waals surface area contributed by atoms with Gasteiger partial charge >= 0.3 is 5.97 Å². The van der Waals surface area contributed by atoms with E-state index in [4.69, 9.17) is 4.74 Å². The van der Waals surface area contributed by atoms with E-state index < -0.39 is 8.24 Å². The summed E-state index contributed by atoms with van der Waals surface area (Å²) in [6, 6.07) is 0. The van der Waals surface area contributed by atoms with Crippen molar-refractivity contribution in [3.05, 3.63) is 0 Å². The number of hydrogen-bond acceptors (Lipinski definition) is 4. The van der Waals surface area contributed by atoms with E-state index in [2.05, 4.69) is 9.47 Å². The first-order valence-corrected chi connectivity index (χ1v) is 15.5. The zero-order valence-electron chi connectivity index (χ0n) is 19.6. The monoisotopic (exact) mass is 434 g/mol. The molecule has 0 spiro atoms. The summed E-state index contributed by atoms with van der Waals surface area (Å²) in [6.45, 7) is 4.47. The normalized spacial score (nSPS) is 26.8. The minimum absolute atomic E-state index is 0.0520. The Labute approximate surface area is 186 Å². The van der Waals surface area contributed by atoms with Crippen LogP contribution < -0.4 is 0 Å². The van der Waals surface area contributed by atoms with Crippen molar-refractivity contribution in [2.24, 2.45) is 0 Å². The van der Waals surface area contributed by atoms with Crippen LogP contribution in [0.15, 0.2) is 0 Å². The van der Waals surface area contributed by atoms with Crippen LogP contribution in [-0.2, 0) is 9.53 Å². The van der Waals surface area contributed by atoms with E-state index >= 15 is 0 Å². The fraction of sp³-hybridized carbons (Fsp3) is 0.960. The van der Waals surface area contributed by atoms with Gasteiger partial charge in [0.15, 0.2) is 0 Å². The van der Waals surface area contributed by atoms with E-state index in [1.165, 1.54) is 110 Å². The van der Waals surface area contributed by atoms with Gasteiger partial charge < -0.3 is 9.30 Å². The second-order valence-corrected chi connectivity index (χ2v) is 15.6. The smallest absolute Gasteiger partial charge is 0.306 e. The molecule has 0 N–H and O–H groups in total. The van der Waals surface area contributed by atoms with Crippen LogP contribution in [-0.4, -0.2) is 57.1 Å². The van der Waals surface area contributed by atoms with Gasteiger partial charge in [0.05, 0.1) is 13.5 Å². The molecular formula is C25H46N2O2Si. The van der Waals surface area contributed by atoms with Crippen LogP contribution >= 0.6 is 0 Å². The second kappa shape index (κ2) is 11.0. The Balaban J connectivity index is 1.60. The summed E-state index contributed by atoms with van der Waals surface area (Å²) in [5, 5.41) is 0. The quantitative estimate of drug-likeness (QED) is 0.359. The van der Waals surface area contributed by atoms with Crippen LogP contribution in [0.4, 0.5) is 0 Å². The molecule has 4 rings (SSSR count). The highest BCUT2D eigenvalue weighted by molar-refractivity contribution is 6.81. The number of carbonyl (C=O) groups excluding carboxylic acids is 1. The van der Waals surface area contributed by atoms with Crippen molar-refractivity contribution >= 4 is 14.2 Å². The lowest BCUT2D eigenvalue weighted by Crippen LogP contribution is -2.63. The van der Waals surface area contributed by atoms with E-state index in [1.54, 1.807) is 0 Å². The maximum absolute atomic E-state index is 11.7. The summed E-state index contributed by atoms with van der Waals surface area (Å²) < 4.78 is 8.05. The number of carbonyl (C=O) groups is 1. The zero-order chi connectivity index (χ0) is 20.8. The predicted octanol–water partition coefficient (Wildman–Crippen LogP) is 6.07. The molecule has 4 aliphatic rings. The molecule has 0 aromatic carbocycles. The van der Waals surface area contributed by atoms with Crippen LogP contribution in [0.2, 0.25) is 16.6 Å². The molecule has 0 aromatic rings. The molecule has 4 fully saturated rings. The molecule has 1 saturated heterocycles. The Morgan fingerprint density at radius 3 is 1.67 bits per heavy atom. The average molecular weight is 435 g/mol. The summed E-state index contributed by atoms with van der Waals surface area (Å²) in [5.74, 6) is -0.0520. The summed E-state index contributed by atoms with van der Waals surface area (Å²) in [5.41, 5.74) is 3.12. The van der Waals surface area contributed by atoms with Gasteiger partial charge in [-0.1, -0.05) is 96.3 Å². The summed E-state index contributed by atoms with van der Waals surface area (Å²) in [6.07, 6.45) is 23.0.